The molecule has 1 rings (SSSR count). The second-order valence-electron chi connectivity index (χ2n) is 3.96. The maximum absolute atomic E-state index is 11.4. The summed E-state index contributed by atoms with van der Waals surface area (Å²) in [5, 5.41) is 8.05. The molecular weight excluding hydrogens is 230 g/mol. The molecule has 0 aliphatic carbocycles. The van der Waals surface area contributed by atoms with E-state index in [1.807, 2.05) is 31.2 Å². The van der Waals surface area contributed by atoms with Crippen LogP contribution in [-0.4, -0.2) is 25.5 Å². The van der Waals surface area contributed by atoms with Crippen LogP contribution in [0.15, 0.2) is 24.3 Å². The van der Waals surface area contributed by atoms with Gasteiger partial charge in [0.15, 0.2) is 0 Å². The Morgan fingerprint density at radius 1 is 1.22 bits per heavy atom. The number of nitrogens with one attached hydrogen (secondary N) is 3. The Hall–Kier alpha value is -2.04. The van der Waals surface area contributed by atoms with Crippen molar-refractivity contribution >= 4 is 12.4 Å². The number of rotatable bonds is 7. The van der Waals surface area contributed by atoms with E-state index in [9.17, 15) is 9.59 Å². The normalized spacial score (nSPS) is 9.61. The lowest BCUT2D eigenvalue weighted by molar-refractivity contribution is -0.109. The van der Waals surface area contributed by atoms with Gasteiger partial charge in [-0.1, -0.05) is 24.3 Å². The number of urea groups is 1. The number of aryl methyl sites for hydroxylation is 1. The van der Waals surface area contributed by atoms with E-state index < -0.39 is 0 Å². The Balaban J connectivity index is 2.17. The monoisotopic (exact) mass is 249 g/mol. The van der Waals surface area contributed by atoms with E-state index in [1.165, 1.54) is 0 Å². The lowest BCUT2D eigenvalue weighted by atomic mass is 10.1. The number of benzene rings is 1. The molecular formula is C13H19N3O2. The van der Waals surface area contributed by atoms with Gasteiger partial charge >= 0.3 is 6.03 Å². The fourth-order valence-corrected chi connectivity index (χ4v) is 1.50. The van der Waals surface area contributed by atoms with E-state index in [1.54, 1.807) is 0 Å². The first-order valence-electron chi connectivity index (χ1n) is 5.97. The molecule has 1 aromatic rings. The van der Waals surface area contributed by atoms with Crippen LogP contribution in [-0.2, 0) is 11.3 Å². The van der Waals surface area contributed by atoms with Gasteiger partial charge in [-0.25, -0.2) is 4.79 Å². The van der Waals surface area contributed by atoms with Crippen LogP contribution in [0.5, 0.6) is 0 Å². The van der Waals surface area contributed by atoms with Crippen LogP contribution < -0.4 is 16.0 Å². The summed E-state index contributed by atoms with van der Waals surface area (Å²) in [6.07, 6.45) is 1.37. The highest BCUT2D eigenvalue weighted by atomic mass is 16.2. The summed E-state index contributed by atoms with van der Waals surface area (Å²) in [4.78, 5) is 21.4. The van der Waals surface area contributed by atoms with Gasteiger partial charge in [0, 0.05) is 19.6 Å². The van der Waals surface area contributed by atoms with Crippen LogP contribution in [0.1, 0.15) is 17.5 Å². The first-order chi connectivity index (χ1) is 8.74. The van der Waals surface area contributed by atoms with Gasteiger partial charge in [-0.2, -0.15) is 0 Å². The molecule has 5 heteroatoms. The van der Waals surface area contributed by atoms with Gasteiger partial charge in [0.2, 0.25) is 6.41 Å². The summed E-state index contributed by atoms with van der Waals surface area (Å²) >= 11 is 0. The zero-order valence-electron chi connectivity index (χ0n) is 10.5. The molecule has 0 atom stereocenters. The molecule has 98 valence electrons. The second kappa shape index (κ2) is 8.11. The molecule has 0 aliphatic rings. The Morgan fingerprint density at radius 3 is 2.72 bits per heavy atom. The Bertz CT molecular complexity index is 394. The van der Waals surface area contributed by atoms with Crippen LogP contribution in [0, 0.1) is 6.92 Å². The van der Waals surface area contributed by atoms with Crippen LogP contribution >= 0.6 is 0 Å². The summed E-state index contributed by atoms with van der Waals surface area (Å²) < 4.78 is 0. The zero-order valence-corrected chi connectivity index (χ0v) is 10.5. The third-order valence-corrected chi connectivity index (χ3v) is 2.57. The van der Waals surface area contributed by atoms with E-state index in [-0.39, 0.29) is 6.03 Å². The number of amides is 3. The number of carbonyl (C=O) groups excluding carboxylic acids is 2. The van der Waals surface area contributed by atoms with Crippen molar-refractivity contribution < 1.29 is 9.59 Å². The smallest absolute Gasteiger partial charge is 0.315 e. The van der Waals surface area contributed by atoms with E-state index in [0.717, 1.165) is 17.5 Å². The summed E-state index contributed by atoms with van der Waals surface area (Å²) in [7, 11) is 0. The largest absolute Gasteiger partial charge is 0.359 e. The maximum Gasteiger partial charge on any atom is 0.315 e. The van der Waals surface area contributed by atoms with Gasteiger partial charge in [-0.05, 0) is 24.5 Å². The third-order valence-electron chi connectivity index (χ3n) is 2.57. The Labute approximate surface area is 107 Å². The predicted molar refractivity (Wildman–Crippen MR) is 70.1 cm³/mol. The van der Waals surface area contributed by atoms with Crippen LogP contribution in [0.3, 0.4) is 0 Å². The average molecular weight is 249 g/mol. The fourth-order valence-electron chi connectivity index (χ4n) is 1.50. The quantitative estimate of drug-likeness (QED) is 0.497. The topological polar surface area (TPSA) is 70.2 Å². The molecule has 3 amide bonds. The number of carbonyl (C=O) groups is 2. The van der Waals surface area contributed by atoms with Crippen molar-refractivity contribution in [3.8, 4) is 0 Å². The van der Waals surface area contributed by atoms with Gasteiger partial charge in [0.05, 0.1) is 0 Å². The Morgan fingerprint density at radius 2 is 2.00 bits per heavy atom. The van der Waals surface area contributed by atoms with Crippen molar-refractivity contribution in [2.24, 2.45) is 0 Å². The standard InChI is InChI=1S/C13H19N3O2/c1-11-5-2-3-6-12(11)9-16-13(18)15-8-4-7-14-10-17/h2-3,5-6,10H,4,7-9H2,1H3,(H,14,17)(H2,15,16,18). The van der Waals surface area contributed by atoms with E-state index in [0.29, 0.717) is 26.0 Å². The van der Waals surface area contributed by atoms with Gasteiger partial charge in [-0.3, -0.25) is 4.79 Å². The molecule has 0 heterocycles. The van der Waals surface area contributed by atoms with Crippen molar-refractivity contribution in [3.05, 3.63) is 35.4 Å². The minimum Gasteiger partial charge on any atom is -0.359 e. The van der Waals surface area contributed by atoms with Gasteiger partial charge < -0.3 is 16.0 Å². The number of hydrogen-bond donors (Lipinski definition) is 3. The van der Waals surface area contributed by atoms with Gasteiger partial charge in [0.25, 0.3) is 0 Å². The minimum atomic E-state index is -0.190. The fraction of sp³-hybridized carbons (Fsp3) is 0.385. The SMILES string of the molecule is Cc1ccccc1CNC(=O)NCCCNC=O. The first kappa shape index (κ1) is 14.0. The molecule has 5 nitrogen and oxygen atoms in total. The van der Waals surface area contributed by atoms with E-state index in [4.69, 9.17) is 0 Å². The van der Waals surface area contributed by atoms with E-state index in [2.05, 4.69) is 16.0 Å². The van der Waals surface area contributed by atoms with Crippen molar-refractivity contribution in [1.82, 2.24) is 16.0 Å². The second-order valence-corrected chi connectivity index (χ2v) is 3.96. The molecule has 0 radical (unpaired) electrons. The van der Waals surface area contributed by atoms with Crippen molar-refractivity contribution in [2.45, 2.75) is 19.9 Å². The molecule has 0 aliphatic heterocycles. The molecule has 0 spiro atoms. The molecule has 3 N–H and O–H groups in total. The lowest BCUT2D eigenvalue weighted by Crippen LogP contribution is -2.36. The molecule has 18 heavy (non-hydrogen) atoms. The molecule has 0 fully saturated rings. The van der Waals surface area contributed by atoms with Gasteiger partial charge in [0.1, 0.15) is 0 Å². The highest BCUT2D eigenvalue weighted by Gasteiger charge is 2.01. The highest BCUT2D eigenvalue weighted by molar-refractivity contribution is 5.73. The zero-order chi connectivity index (χ0) is 13.2. The number of hydrogen-bond acceptors (Lipinski definition) is 2. The van der Waals surface area contributed by atoms with Crippen molar-refractivity contribution in [1.29, 1.82) is 0 Å². The molecule has 1 aromatic carbocycles. The summed E-state index contributed by atoms with van der Waals surface area (Å²) in [6, 6.07) is 7.74. The third kappa shape index (κ3) is 5.34. The summed E-state index contributed by atoms with van der Waals surface area (Å²) in [5.41, 5.74) is 2.27. The van der Waals surface area contributed by atoms with E-state index >= 15 is 0 Å². The molecule has 0 saturated carbocycles. The minimum absolute atomic E-state index is 0.190. The van der Waals surface area contributed by atoms with Crippen LogP contribution in [0.4, 0.5) is 4.79 Å². The summed E-state index contributed by atoms with van der Waals surface area (Å²) in [6.45, 7) is 3.65. The molecule has 0 bridgehead atoms. The van der Waals surface area contributed by atoms with Gasteiger partial charge in [-0.15, -0.1) is 0 Å². The molecule has 0 aromatic heterocycles. The highest BCUT2D eigenvalue weighted by Crippen LogP contribution is 2.05. The maximum atomic E-state index is 11.4. The molecule has 0 saturated heterocycles. The lowest BCUT2D eigenvalue weighted by Gasteiger charge is -2.09. The van der Waals surface area contributed by atoms with Crippen LogP contribution in [0.25, 0.3) is 0 Å². The average Bonchev–Trinajstić information content (AvgIpc) is 2.37. The van der Waals surface area contributed by atoms with Crippen LogP contribution in [0.2, 0.25) is 0 Å². The Kier molecular flexibility index (Phi) is 6.32. The predicted octanol–water partition coefficient (Wildman–Crippen LogP) is 0.930. The summed E-state index contributed by atoms with van der Waals surface area (Å²) in [5.74, 6) is 0. The first-order valence-corrected chi connectivity index (χ1v) is 5.97. The van der Waals surface area contributed by atoms with Crippen molar-refractivity contribution in [3.63, 3.8) is 0 Å². The molecule has 0 unspecified atom stereocenters. The van der Waals surface area contributed by atoms with Crippen molar-refractivity contribution in [2.75, 3.05) is 13.1 Å².